The van der Waals surface area contributed by atoms with Gasteiger partial charge in [-0.25, -0.2) is 4.79 Å². The first-order chi connectivity index (χ1) is 12.0. The molecule has 2 rings (SSSR count). The molecule has 1 unspecified atom stereocenters. The van der Waals surface area contributed by atoms with Gasteiger partial charge in [0.15, 0.2) is 0 Å². The molecule has 25 heavy (non-hydrogen) atoms. The van der Waals surface area contributed by atoms with E-state index in [0.717, 1.165) is 25.8 Å². The predicted molar refractivity (Wildman–Crippen MR) is 97.2 cm³/mol. The second-order valence-electron chi connectivity index (χ2n) is 6.87. The van der Waals surface area contributed by atoms with Gasteiger partial charge in [-0.15, -0.1) is 0 Å². The van der Waals surface area contributed by atoms with Crippen molar-refractivity contribution in [1.82, 2.24) is 10.2 Å². The Hall–Kier alpha value is -2.24. The van der Waals surface area contributed by atoms with Crippen molar-refractivity contribution in [2.45, 2.75) is 46.0 Å². The second-order valence-corrected chi connectivity index (χ2v) is 6.87. The second kappa shape index (κ2) is 9.30. The molecule has 0 saturated carbocycles. The van der Waals surface area contributed by atoms with Crippen molar-refractivity contribution >= 4 is 23.6 Å². The van der Waals surface area contributed by atoms with Gasteiger partial charge in [0.1, 0.15) is 0 Å². The van der Waals surface area contributed by atoms with Gasteiger partial charge in [0.2, 0.25) is 11.8 Å². The lowest BCUT2D eigenvalue weighted by atomic mass is 9.95. The summed E-state index contributed by atoms with van der Waals surface area (Å²) in [7, 11) is 0. The summed E-state index contributed by atoms with van der Waals surface area (Å²) in [5.41, 5.74) is 0.520. The molecule has 0 aromatic carbocycles. The van der Waals surface area contributed by atoms with E-state index in [1.165, 1.54) is 4.90 Å². The molecule has 2 aliphatic rings. The van der Waals surface area contributed by atoms with E-state index in [1.807, 2.05) is 0 Å². The normalized spacial score (nSPS) is 19.2. The van der Waals surface area contributed by atoms with Crippen LogP contribution in [0.15, 0.2) is 29.3 Å². The Balaban J connectivity index is 1.67. The lowest BCUT2D eigenvalue weighted by Crippen LogP contribution is -2.46. The van der Waals surface area contributed by atoms with Gasteiger partial charge < -0.3 is 5.32 Å². The van der Waals surface area contributed by atoms with Crippen LogP contribution in [0.1, 0.15) is 46.0 Å². The minimum Gasteiger partial charge on any atom is -0.356 e. The van der Waals surface area contributed by atoms with Crippen LogP contribution in [0.2, 0.25) is 0 Å². The fourth-order valence-electron chi connectivity index (χ4n) is 2.81. The number of hydrogen-bond acceptors (Lipinski definition) is 3. The third-order valence-corrected chi connectivity index (χ3v) is 4.32. The molecule has 0 fully saturated rings. The van der Waals surface area contributed by atoms with E-state index in [0.29, 0.717) is 31.0 Å². The van der Waals surface area contributed by atoms with Gasteiger partial charge in [0.05, 0.1) is 11.6 Å². The highest BCUT2D eigenvalue weighted by atomic mass is 16.2. The van der Waals surface area contributed by atoms with E-state index in [-0.39, 0.29) is 11.8 Å². The van der Waals surface area contributed by atoms with E-state index in [4.69, 9.17) is 0 Å². The molecule has 0 saturated heterocycles. The summed E-state index contributed by atoms with van der Waals surface area (Å²) in [6.45, 7) is 5.33. The zero-order valence-electron chi connectivity index (χ0n) is 15.0. The SMILES string of the molecule is CC(C)CCNC(=O)CCCCCN1C(=O)N=C2C=CC=CC2C1=O. The minimum absolute atomic E-state index is 0.0687. The molecular formula is C19H27N3O3. The molecule has 1 aliphatic carbocycles. The number of carbonyl (C=O) groups excluding carboxylic acids is 3. The van der Waals surface area contributed by atoms with E-state index in [9.17, 15) is 14.4 Å². The van der Waals surface area contributed by atoms with Crippen molar-refractivity contribution in [2.24, 2.45) is 16.8 Å². The highest BCUT2D eigenvalue weighted by Gasteiger charge is 2.35. The average molecular weight is 345 g/mol. The number of urea groups is 1. The van der Waals surface area contributed by atoms with Crippen LogP contribution < -0.4 is 5.32 Å². The van der Waals surface area contributed by atoms with Crippen LogP contribution in [-0.2, 0) is 9.59 Å². The molecule has 6 nitrogen and oxygen atoms in total. The van der Waals surface area contributed by atoms with E-state index in [2.05, 4.69) is 24.2 Å². The number of carbonyl (C=O) groups is 3. The number of imide groups is 1. The molecule has 1 N–H and O–H groups in total. The summed E-state index contributed by atoms with van der Waals surface area (Å²) in [4.78, 5) is 41.3. The molecule has 136 valence electrons. The molecular weight excluding hydrogens is 318 g/mol. The maximum Gasteiger partial charge on any atom is 0.350 e. The molecule has 0 aromatic heterocycles. The van der Waals surface area contributed by atoms with Crippen LogP contribution >= 0.6 is 0 Å². The quantitative estimate of drug-likeness (QED) is 0.653. The standard InChI is InChI=1S/C19H27N3O3/c1-14(2)11-12-20-17(23)10-4-3-7-13-22-18(24)15-8-5-6-9-16(15)21-19(22)25/h5-6,8-9,14-15H,3-4,7,10-13H2,1-2H3,(H,20,23). The first-order valence-electron chi connectivity index (χ1n) is 9.04. The Bertz CT molecular complexity index is 605. The summed E-state index contributed by atoms with van der Waals surface area (Å²) >= 11 is 0. The highest BCUT2D eigenvalue weighted by molar-refractivity contribution is 6.21. The zero-order valence-corrected chi connectivity index (χ0v) is 15.0. The van der Waals surface area contributed by atoms with Crippen molar-refractivity contribution in [3.05, 3.63) is 24.3 Å². The predicted octanol–water partition coefficient (Wildman–Crippen LogP) is 2.85. The molecule has 0 bridgehead atoms. The van der Waals surface area contributed by atoms with E-state index >= 15 is 0 Å². The summed E-state index contributed by atoms with van der Waals surface area (Å²) in [5.74, 6) is 0.00759. The Morgan fingerprint density at radius 3 is 2.80 bits per heavy atom. The fraction of sp³-hybridized carbons (Fsp3) is 0.579. The van der Waals surface area contributed by atoms with Crippen molar-refractivity contribution in [2.75, 3.05) is 13.1 Å². The van der Waals surface area contributed by atoms with Crippen molar-refractivity contribution in [3.63, 3.8) is 0 Å². The molecule has 4 amide bonds. The number of nitrogens with one attached hydrogen (secondary N) is 1. The third-order valence-electron chi connectivity index (χ3n) is 4.32. The first-order valence-corrected chi connectivity index (χ1v) is 9.04. The number of nitrogens with zero attached hydrogens (tertiary/aromatic N) is 2. The largest absolute Gasteiger partial charge is 0.356 e. The maximum absolute atomic E-state index is 12.4. The van der Waals surface area contributed by atoms with Gasteiger partial charge in [-0.1, -0.05) is 38.5 Å². The number of hydrogen-bond donors (Lipinski definition) is 1. The van der Waals surface area contributed by atoms with Gasteiger partial charge in [-0.05, 0) is 31.3 Å². The van der Waals surface area contributed by atoms with Gasteiger partial charge in [-0.3, -0.25) is 14.5 Å². The van der Waals surface area contributed by atoms with Crippen LogP contribution in [0.5, 0.6) is 0 Å². The van der Waals surface area contributed by atoms with Crippen LogP contribution in [0, 0.1) is 11.8 Å². The number of amides is 4. The van der Waals surface area contributed by atoms with Crippen molar-refractivity contribution in [1.29, 1.82) is 0 Å². The van der Waals surface area contributed by atoms with Crippen molar-refractivity contribution < 1.29 is 14.4 Å². The lowest BCUT2D eigenvalue weighted by molar-refractivity contribution is -0.129. The van der Waals surface area contributed by atoms with Crippen molar-refractivity contribution in [3.8, 4) is 0 Å². The number of aliphatic imine (C=N–C) groups is 1. The zero-order chi connectivity index (χ0) is 18.2. The number of unbranched alkanes of at least 4 members (excludes halogenated alkanes) is 2. The molecule has 0 aromatic rings. The Kier molecular flexibility index (Phi) is 7.10. The number of rotatable bonds is 9. The first kappa shape index (κ1) is 19.1. The molecule has 0 radical (unpaired) electrons. The van der Waals surface area contributed by atoms with Gasteiger partial charge in [0, 0.05) is 19.5 Å². The summed E-state index contributed by atoms with van der Waals surface area (Å²) < 4.78 is 0. The van der Waals surface area contributed by atoms with Crippen LogP contribution in [-0.4, -0.2) is 41.5 Å². The Labute approximate surface area is 149 Å². The fourth-order valence-corrected chi connectivity index (χ4v) is 2.81. The maximum atomic E-state index is 12.4. The van der Waals surface area contributed by atoms with E-state index in [1.54, 1.807) is 24.3 Å². The monoisotopic (exact) mass is 345 g/mol. The van der Waals surface area contributed by atoms with Gasteiger partial charge in [-0.2, -0.15) is 4.99 Å². The highest BCUT2D eigenvalue weighted by Crippen LogP contribution is 2.20. The van der Waals surface area contributed by atoms with Gasteiger partial charge >= 0.3 is 6.03 Å². The summed E-state index contributed by atoms with van der Waals surface area (Å²) in [5, 5.41) is 2.91. The molecule has 1 aliphatic heterocycles. The smallest absolute Gasteiger partial charge is 0.350 e. The Morgan fingerprint density at radius 2 is 2.04 bits per heavy atom. The lowest BCUT2D eigenvalue weighted by Gasteiger charge is -2.28. The summed E-state index contributed by atoms with van der Waals surface area (Å²) in [6.07, 6.45) is 10.8. The minimum atomic E-state index is -0.484. The summed E-state index contributed by atoms with van der Waals surface area (Å²) in [6, 6.07) is -0.484. The Morgan fingerprint density at radius 1 is 1.24 bits per heavy atom. The van der Waals surface area contributed by atoms with Gasteiger partial charge in [0.25, 0.3) is 0 Å². The van der Waals surface area contributed by atoms with Crippen LogP contribution in [0.3, 0.4) is 0 Å². The van der Waals surface area contributed by atoms with E-state index < -0.39 is 11.9 Å². The number of allylic oxidation sites excluding steroid dienone is 3. The number of fused-ring (bicyclic) bond motifs is 1. The van der Waals surface area contributed by atoms with Crippen LogP contribution in [0.25, 0.3) is 0 Å². The third kappa shape index (κ3) is 5.66. The topological polar surface area (TPSA) is 78.8 Å². The molecule has 1 heterocycles. The molecule has 1 atom stereocenters. The van der Waals surface area contributed by atoms with Crippen LogP contribution in [0.4, 0.5) is 4.79 Å². The molecule has 0 spiro atoms. The molecule has 6 heteroatoms. The average Bonchev–Trinajstić information content (AvgIpc) is 2.57.